The minimum atomic E-state index is 0.248. The second kappa shape index (κ2) is 8.25. The molecule has 0 amide bonds. The molecule has 3 aromatic rings. The fourth-order valence-corrected chi connectivity index (χ4v) is 3.15. The minimum absolute atomic E-state index is 0.248. The van der Waals surface area contributed by atoms with Crippen molar-refractivity contribution < 1.29 is 9.47 Å². The smallest absolute Gasteiger partial charge is 0.149 e. The summed E-state index contributed by atoms with van der Waals surface area (Å²) in [6, 6.07) is 16.0. The van der Waals surface area contributed by atoms with Crippen LogP contribution in [0.2, 0.25) is 0 Å². The van der Waals surface area contributed by atoms with Gasteiger partial charge in [-0.15, -0.1) is 0 Å². The Hall–Kier alpha value is -2.50. The maximum Gasteiger partial charge on any atom is 0.149 e. The molecule has 1 N–H and O–H groups in total. The number of hydrogen-bond donors (Lipinski definition) is 1. The molecule has 1 atom stereocenters. The molecule has 5 nitrogen and oxygen atoms in total. The number of ether oxygens (including phenoxy) is 2. The number of rotatable bonds is 6. The number of fused-ring (bicyclic) bond motifs is 1. The van der Waals surface area contributed by atoms with Crippen LogP contribution in [0.25, 0.3) is 11.0 Å². The van der Waals surface area contributed by atoms with Gasteiger partial charge < -0.3 is 14.8 Å². The van der Waals surface area contributed by atoms with E-state index in [-0.39, 0.29) is 6.10 Å². The fourth-order valence-electron chi connectivity index (χ4n) is 3.15. The van der Waals surface area contributed by atoms with Gasteiger partial charge in [0, 0.05) is 12.3 Å². The molecule has 0 saturated carbocycles. The Bertz CT molecular complexity index is 863. The van der Waals surface area contributed by atoms with E-state index in [9.17, 15) is 0 Å². The number of para-hydroxylation sites is 2. The molecule has 4 rings (SSSR count). The van der Waals surface area contributed by atoms with Gasteiger partial charge in [-0.25, -0.2) is 4.98 Å². The molecule has 0 spiro atoms. The van der Waals surface area contributed by atoms with Crippen molar-refractivity contribution in [1.82, 2.24) is 9.97 Å². The first-order valence-electron chi connectivity index (χ1n) is 9.14. The van der Waals surface area contributed by atoms with Gasteiger partial charge in [-0.2, -0.15) is 0 Å². The second-order valence-corrected chi connectivity index (χ2v) is 6.57. The molecule has 5 heteroatoms. The van der Waals surface area contributed by atoms with Crippen molar-refractivity contribution in [3.8, 4) is 0 Å². The van der Waals surface area contributed by atoms with Gasteiger partial charge in [0.05, 0.1) is 36.5 Å². The third kappa shape index (κ3) is 4.36. The van der Waals surface area contributed by atoms with Gasteiger partial charge in [0.2, 0.25) is 0 Å². The average Bonchev–Trinajstić information content (AvgIpc) is 2.69. The molecule has 1 aliphatic rings. The molecular weight excluding hydrogens is 326 g/mol. The zero-order valence-electron chi connectivity index (χ0n) is 14.7. The minimum Gasteiger partial charge on any atom is -0.376 e. The Morgan fingerprint density at radius 1 is 1.08 bits per heavy atom. The molecule has 1 saturated heterocycles. The Morgan fingerprint density at radius 2 is 2.00 bits per heavy atom. The summed E-state index contributed by atoms with van der Waals surface area (Å²) < 4.78 is 11.5. The summed E-state index contributed by atoms with van der Waals surface area (Å²) in [6.45, 7) is 2.10. The summed E-state index contributed by atoms with van der Waals surface area (Å²) in [5.74, 6) is 0.734. The zero-order valence-corrected chi connectivity index (χ0v) is 14.7. The molecule has 0 radical (unpaired) electrons. The van der Waals surface area contributed by atoms with E-state index in [1.807, 2.05) is 36.4 Å². The summed E-state index contributed by atoms with van der Waals surface area (Å²) in [4.78, 5) is 9.04. The van der Waals surface area contributed by atoms with E-state index < -0.39 is 0 Å². The van der Waals surface area contributed by atoms with Crippen molar-refractivity contribution in [2.75, 3.05) is 18.5 Å². The number of benzene rings is 2. The van der Waals surface area contributed by atoms with E-state index >= 15 is 0 Å². The summed E-state index contributed by atoms with van der Waals surface area (Å²) in [5, 5.41) is 3.32. The largest absolute Gasteiger partial charge is 0.376 e. The van der Waals surface area contributed by atoms with Crippen molar-refractivity contribution >= 4 is 22.5 Å². The van der Waals surface area contributed by atoms with Crippen molar-refractivity contribution in [2.24, 2.45) is 0 Å². The zero-order chi connectivity index (χ0) is 17.6. The predicted octanol–water partition coefficient (Wildman–Crippen LogP) is 4.46. The molecule has 2 aromatic carbocycles. The second-order valence-electron chi connectivity index (χ2n) is 6.57. The van der Waals surface area contributed by atoms with Crippen LogP contribution < -0.4 is 5.32 Å². The average molecular weight is 349 g/mol. The highest BCUT2D eigenvalue weighted by atomic mass is 16.5. The summed E-state index contributed by atoms with van der Waals surface area (Å²) in [7, 11) is 0. The van der Waals surface area contributed by atoms with Gasteiger partial charge in [-0.1, -0.05) is 24.3 Å². The van der Waals surface area contributed by atoms with Crippen LogP contribution in [0.3, 0.4) is 0 Å². The number of aromatic nitrogens is 2. The van der Waals surface area contributed by atoms with Gasteiger partial charge in [0.1, 0.15) is 5.82 Å². The first kappa shape index (κ1) is 16.9. The van der Waals surface area contributed by atoms with E-state index in [4.69, 9.17) is 9.47 Å². The van der Waals surface area contributed by atoms with Gasteiger partial charge in [-0.3, -0.25) is 4.98 Å². The molecule has 26 heavy (non-hydrogen) atoms. The van der Waals surface area contributed by atoms with E-state index in [1.165, 1.54) is 12.8 Å². The number of nitrogens with one attached hydrogen (secondary N) is 1. The maximum atomic E-state index is 5.84. The summed E-state index contributed by atoms with van der Waals surface area (Å²) >= 11 is 0. The molecule has 1 aromatic heterocycles. The van der Waals surface area contributed by atoms with E-state index in [0.29, 0.717) is 13.2 Å². The molecule has 134 valence electrons. The van der Waals surface area contributed by atoms with Gasteiger partial charge in [0.15, 0.2) is 0 Å². The normalized spacial score (nSPS) is 17.3. The molecule has 1 fully saturated rings. The van der Waals surface area contributed by atoms with Crippen LogP contribution in [-0.2, 0) is 16.1 Å². The molecule has 0 bridgehead atoms. The van der Waals surface area contributed by atoms with E-state index in [1.54, 1.807) is 6.20 Å². The SMILES string of the molecule is c1cc(COC[C@@H]2CCCCO2)cc(Nc2cnc3ccccc3n2)c1. The number of nitrogens with zero attached hydrogens (tertiary/aromatic N) is 2. The summed E-state index contributed by atoms with van der Waals surface area (Å²) in [5.41, 5.74) is 3.87. The maximum absolute atomic E-state index is 5.84. The third-order valence-electron chi connectivity index (χ3n) is 4.49. The standard InChI is InChI=1S/C21H23N3O2/c1-2-10-20-19(9-1)22-13-21(24-20)23-17-7-5-6-16(12-17)14-25-15-18-8-3-4-11-26-18/h1-2,5-7,9-10,12-13,18H,3-4,8,11,14-15H2,(H,23,24)/t18-/m0/s1. The third-order valence-corrected chi connectivity index (χ3v) is 4.49. The lowest BCUT2D eigenvalue weighted by atomic mass is 10.1. The lowest BCUT2D eigenvalue weighted by molar-refractivity contribution is -0.0447. The van der Waals surface area contributed by atoms with Crippen LogP contribution in [0, 0.1) is 0 Å². The molecule has 0 aliphatic carbocycles. The van der Waals surface area contributed by atoms with Crippen LogP contribution >= 0.6 is 0 Å². The quantitative estimate of drug-likeness (QED) is 0.712. The van der Waals surface area contributed by atoms with E-state index in [2.05, 4.69) is 27.4 Å². The molecular formula is C21H23N3O2. The van der Waals surface area contributed by atoms with Crippen LogP contribution in [0.15, 0.2) is 54.7 Å². The van der Waals surface area contributed by atoms with Crippen molar-refractivity contribution in [2.45, 2.75) is 32.0 Å². The van der Waals surface area contributed by atoms with Crippen LogP contribution in [-0.4, -0.2) is 29.3 Å². The first-order chi connectivity index (χ1) is 12.9. The van der Waals surface area contributed by atoms with Crippen LogP contribution in [0.1, 0.15) is 24.8 Å². The lowest BCUT2D eigenvalue weighted by Crippen LogP contribution is -2.24. The highest BCUT2D eigenvalue weighted by Gasteiger charge is 2.13. The highest BCUT2D eigenvalue weighted by molar-refractivity contribution is 5.76. The Kier molecular flexibility index (Phi) is 5.38. The van der Waals surface area contributed by atoms with Crippen LogP contribution in [0.4, 0.5) is 11.5 Å². The van der Waals surface area contributed by atoms with E-state index in [0.717, 1.165) is 41.1 Å². The Labute approximate surface area is 153 Å². The molecule has 2 heterocycles. The molecule has 1 aliphatic heterocycles. The van der Waals surface area contributed by atoms with Crippen molar-refractivity contribution in [1.29, 1.82) is 0 Å². The predicted molar refractivity (Wildman–Crippen MR) is 103 cm³/mol. The van der Waals surface area contributed by atoms with Gasteiger partial charge in [0.25, 0.3) is 0 Å². The highest BCUT2D eigenvalue weighted by Crippen LogP contribution is 2.19. The summed E-state index contributed by atoms with van der Waals surface area (Å²) in [6.07, 6.45) is 5.51. The molecule has 0 unspecified atom stereocenters. The van der Waals surface area contributed by atoms with Crippen molar-refractivity contribution in [3.05, 3.63) is 60.3 Å². The lowest BCUT2D eigenvalue weighted by Gasteiger charge is -2.22. The number of hydrogen-bond acceptors (Lipinski definition) is 5. The monoisotopic (exact) mass is 349 g/mol. The first-order valence-corrected chi connectivity index (χ1v) is 9.14. The van der Waals surface area contributed by atoms with Crippen molar-refractivity contribution in [3.63, 3.8) is 0 Å². The Morgan fingerprint density at radius 3 is 2.88 bits per heavy atom. The van der Waals surface area contributed by atoms with Gasteiger partial charge in [-0.05, 0) is 49.1 Å². The Balaban J connectivity index is 1.37. The van der Waals surface area contributed by atoms with Gasteiger partial charge >= 0.3 is 0 Å². The fraction of sp³-hybridized carbons (Fsp3) is 0.333. The number of anilines is 2. The topological polar surface area (TPSA) is 56.3 Å². The van der Waals surface area contributed by atoms with Crippen LogP contribution in [0.5, 0.6) is 0 Å².